The predicted molar refractivity (Wildman–Crippen MR) is 71.3 cm³/mol. The van der Waals surface area contributed by atoms with Crippen LogP contribution in [-0.4, -0.2) is 32.2 Å². The fourth-order valence-corrected chi connectivity index (χ4v) is 2.76. The average molecular weight is 247 g/mol. The number of fused-ring (bicyclic) bond motifs is 1. The smallest absolute Gasteiger partial charge is 0.161 e. The molecule has 3 nitrogen and oxygen atoms in total. The van der Waals surface area contributed by atoms with Gasteiger partial charge < -0.3 is 9.47 Å². The molecule has 0 spiro atoms. The van der Waals surface area contributed by atoms with Crippen LogP contribution in [0, 0.1) is 5.92 Å². The maximum absolute atomic E-state index is 5.39. The van der Waals surface area contributed by atoms with Crippen LogP contribution < -0.4 is 9.47 Å². The third kappa shape index (κ3) is 2.32. The van der Waals surface area contributed by atoms with Crippen molar-refractivity contribution in [1.29, 1.82) is 0 Å². The van der Waals surface area contributed by atoms with Crippen molar-refractivity contribution in [3.8, 4) is 11.5 Å². The molecule has 3 heteroatoms. The fourth-order valence-electron chi connectivity index (χ4n) is 2.76. The Labute approximate surface area is 109 Å². The fraction of sp³-hybridized carbons (Fsp3) is 0.600. The van der Waals surface area contributed by atoms with E-state index in [9.17, 15) is 0 Å². The van der Waals surface area contributed by atoms with Gasteiger partial charge in [0, 0.05) is 19.6 Å². The van der Waals surface area contributed by atoms with Crippen LogP contribution in [0.4, 0.5) is 0 Å². The first-order chi connectivity index (χ1) is 8.80. The Kier molecular flexibility index (Phi) is 3.16. The lowest BCUT2D eigenvalue weighted by Gasteiger charge is -2.29. The summed E-state index contributed by atoms with van der Waals surface area (Å²) in [6.07, 6.45) is 3.98. The first kappa shape index (κ1) is 11.8. The first-order valence-corrected chi connectivity index (χ1v) is 6.76. The highest BCUT2D eigenvalue weighted by Crippen LogP contribution is 2.35. The topological polar surface area (TPSA) is 21.7 Å². The minimum Gasteiger partial charge on any atom is -0.493 e. The number of nitrogens with zero attached hydrogens (tertiary/aromatic N) is 1. The Bertz CT molecular complexity index is 440. The molecular formula is C15H21NO2. The lowest BCUT2D eigenvalue weighted by atomic mass is 9.98. The summed E-state index contributed by atoms with van der Waals surface area (Å²) in [4.78, 5) is 2.58. The summed E-state index contributed by atoms with van der Waals surface area (Å²) in [6.45, 7) is 3.51. The van der Waals surface area contributed by atoms with Gasteiger partial charge in [0.1, 0.15) is 0 Å². The van der Waals surface area contributed by atoms with Crippen LogP contribution in [0.1, 0.15) is 24.0 Å². The molecule has 0 amide bonds. The van der Waals surface area contributed by atoms with Gasteiger partial charge in [0.2, 0.25) is 0 Å². The molecule has 0 saturated heterocycles. The number of ether oxygens (including phenoxy) is 2. The predicted octanol–water partition coefficient (Wildman–Crippen LogP) is 2.47. The molecule has 1 saturated carbocycles. The van der Waals surface area contributed by atoms with Crippen molar-refractivity contribution in [2.24, 2.45) is 5.92 Å². The molecule has 1 aliphatic carbocycles. The van der Waals surface area contributed by atoms with Crippen molar-refractivity contribution in [3.63, 3.8) is 0 Å². The maximum Gasteiger partial charge on any atom is 0.161 e. The van der Waals surface area contributed by atoms with Crippen LogP contribution in [0.3, 0.4) is 0 Å². The summed E-state index contributed by atoms with van der Waals surface area (Å²) in [5, 5.41) is 0. The average Bonchev–Trinajstić information content (AvgIpc) is 3.21. The molecular weight excluding hydrogens is 226 g/mol. The molecule has 3 rings (SSSR count). The van der Waals surface area contributed by atoms with E-state index < -0.39 is 0 Å². The van der Waals surface area contributed by atoms with Crippen LogP contribution in [0.2, 0.25) is 0 Å². The number of hydrogen-bond acceptors (Lipinski definition) is 3. The number of hydrogen-bond donors (Lipinski definition) is 0. The van der Waals surface area contributed by atoms with Gasteiger partial charge in [0.25, 0.3) is 0 Å². The van der Waals surface area contributed by atoms with Gasteiger partial charge in [-0.25, -0.2) is 0 Å². The van der Waals surface area contributed by atoms with Crippen molar-refractivity contribution in [1.82, 2.24) is 4.90 Å². The van der Waals surface area contributed by atoms with Crippen LogP contribution in [0.25, 0.3) is 0 Å². The molecule has 0 unspecified atom stereocenters. The SMILES string of the molecule is COc1cc2c(cc1OC)CN(CC1CC1)CC2. The summed E-state index contributed by atoms with van der Waals surface area (Å²) in [5.74, 6) is 2.67. The van der Waals surface area contributed by atoms with E-state index in [2.05, 4.69) is 17.0 Å². The minimum atomic E-state index is 0.851. The molecule has 2 aliphatic rings. The Hall–Kier alpha value is -1.22. The van der Waals surface area contributed by atoms with E-state index in [0.29, 0.717) is 0 Å². The second kappa shape index (κ2) is 4.81. The quantitative estimate of drug-likeness (QED) is 0.816. The van der Waals surface area contributed by atoms with Crippen molar-refractivity contribution in [2.45, 2.75) is 25.8 Å². The van der Waals surface area contributed by atoms with Crippen LogP contribution >= 0.6 is 0 Å². The number of methoxy groups -OCH3 is 2. The molecule has 1 aliphatic heterocycles. The minimum absolute atomic E-state index is 0.851. The van der Waals surface area contributed by atoms with E-state index >= 15 is 0 Å². The zero-order valence-electron chi connectivity index (χ0n) is 11.2. The normalized spacial score (nSPS) is 19.4. The van der Waals surface area contributed by atoms with Crippen LogP contribution in [0.15, 0.2) is 12.1 Å². The van der Waals surface area contributed by atoms with E-state index in [1.807, 2.05) is 0 Å². The highest BCUT2D eigenvalue weighted by Gasteiger charge is 2.26. The lowest BCUT2D eigenvalue weighted by Crippen LogP contribution is -2.32. The van der Waals surface area contributed by atoms with Gasteiger partial charge in [-0.3, -0.25) is 4.90 Å². The summed E-state index contributed by atoms with van der Waals surface area (Å²) in [5.41, 5.74) is 2.82. The van der Waals surface area contributed by atoms with Crippen molar-refractivity contribution in [2.75, 3.05) is 27.3 Å². The number of benzene rings is 1. The third-order valence-corrected chi connectivity index (χ3v) is 4.01. The molecule has 0 radical (unpaired) electrons. The number of rotatable bonds is 4. The molecule has 0 bridgehead atoms. The maximum atomic E-state index is 5.39. The van der Waals surface area contributed by atoms with Gasteiger partial charge in [-0.05, 0) is 48.4 Å². The summed E-state index contributed by atoms with van der Waals surface area (Å²) < 4.78 is 10.8. The van der Waals surface area contributed by atoms with Gasteiger partial charge in [-0.1, -0.05) is 0 Å². The monoisotopic (exact) mass is 247 g/mol. The molecule has 1 fully saturated rings. The summed E-state index contributed by atoms with van der Waals surface area (Å²) in [6, 6.07) is 4.29. The molecule has 0 aromatic heterocycles. The van der Waals surface area contributed by atoms with Crippen LogP contribution in [0.5, 0.6) is 11.5 Å². The van der Waals surface area contributed by atoms with Crippen molar-refractivity contribution >= 4 is 0 Å². The van der Waals surface area contributed by atoms with E-state index in [4.69, 9.17) is 9.47 Å². The third-order valence-electron chi connectivity index (χ3n) is 4.01. The van der Waals surface area contributed by atoms with Crippen LogP contribution in [-0.2, 0) is 13.0 Å². The molecule has 18 heavy (non-hydrogen) atoms. The Morgan fingerprint density at radius 2 is 1.78 bits per heavy atom. The van der Waals surface area contributed by atoms with Gasteiger partial charge in [0.15, 0.2) is 11.5 Å². The molecule has 1 aromatic carbocycles. The van der Waals surface area contributed by atoms with E-state index in [0.717, 1.165) is 30.4 Å². The standard InChI is InChI=1S/C15H21NO2/c1-17-14-7-12-5-6-16(9-11-3-4-11)10-13(12)8-15(14)18-2/h7-8,11H,3-6,9-10H2,1-2H3. The first-order valence-electron chi connectivity index (χ1n) is 6.76. The Morgan fingerprint density at radius 1 is 1.11 bits per heavy atom. The molecule has 0 N–H and O–H groups in total. The van der Waals surface area contributed by atoms with Crippen molar-refractivity contribution < 1.29 is 9.47 Å². The highest BCUT2D eigenvalue weighted by atomic mass is 16.5. The second-order valence-electron chi connectivity index (χ2n) is 5.40. The van der Waals surface area contributed by atoms with Gasteiger partial charge in [-0.2, -0.15) is 0 Å². The zero-order valence-corrected chi connectivity index (χ0v) is 11.2. The van der Waals surface area contributed by atoms with Crippen molar-refractivity contribution in [3.05, 3.63) is 23.3 Å². The second-order valence-corrected chi connectivity index (χ2v) is 5.40. The van der Waals surface area contributed by atoms with Gasteiger partial charge >= 0.3 is 0 Å². The largest absolute Gasteiger partial charge is 0.493 e. The zero-order chi connectivity index (χ0) is 12.5. The van der Waals surface area contributed by atoms with E-state index in [-0.39, 0.29) is 0 Å². The summed E-state index contributed by atoms with van der Waals surface area (Å²) in [7, 11) is 3.40. The van der Waals surface area contributed by atoms with Gasteiger partial charge in [0.05, 0.1) is 14.2 Å². The lowest BCUT2D eigenvalue weighted by molar-refractivity contribution is 0.242. The Balaban J connectivity index is 1.80. The van der Waals surface area contributed by atoms with Gasteiger partial charge in [-0.15, -0.1) is 0 Å². The molecule has 98 valence electrons. The molecule has 1 heterocycles. The molecule has 1 aromatic rings. The summed E-state index contributed by atoms with van der Waals surface area (Å²) >= 11 is 0. The molecule has 0 atom stereocenters. The van der Waals surface area contributed by atoms with E-state index in [1.165, 1.54) is 37.1 Å². The Morgan fingerprint density at radius 3 is 2.39 bits per heavy atom. The highest BCUT2D eigenvalue weighted by molar-refractivity contribution is 5.48. The van der Waals surface area contributed by atoms with E-state index in [1.54, 1.807) is 14.2 Å².